The van der Waals surface area contributed by atoms with Gasteiger partial charge in [-0.2, -0.15) is 0 Å². The molecule has 3 rings (SSSR count). The number of aromatic nitrogens is 2. The van der Waals surface area contributed by atoms with Crippen molar-refractivity contribution >= 4 is 23.2 Å². The third-order valence-electron chi connectivity index (χ3n) is 3.96. The lowest BCUT2D eigenvalue weighted by molar-refractivity contribution is 0.102. The maximum absolute atomic E-state index is 12.5. The minimum atomic E-state index is -0.344. The number of rotatable bonds is 8. The molecule has 0 saturated heterocycles. The number of amides is 1. The van der Waals surface area contributed by atoms with E-state index >= 15 is 0 Å². The molecule has 29 heavy (non-hydrogen) atoms. The summed E-state index contributed by atoms with van der Waals surface area (Å²) in [5.74, 6) is 2.38. The van der Waals surface area contributed by atoms with Gasteiger partial charge in [-0.3, -0.25) is 4.79 Å². The van der Waals surface area contributed by atoms with Crippen LogP contribution < -0.4 is 24.8 Å². The van der Waals surface area contributed by atoms with Gasteiger partial charge in [0.05, 0.1) is 20.8 Å². The first-order valence-corrected chi connectivity index (χ1v) is 8.99. The highest BCUT2D eigenvalue weighted by Gasteiger charge is 2.11. The number of carbonyl (C=O) groups is 1. The number of anilines is 3. The van der Waals surface area contributed by atoms with E-state index in [9.17, 15) is 4.79 Å². The molecule has 0 radical (unpaired) electrons. The Morgan fingerprint density at radius 1 is 0.862 bits per heavy atom. The zero-order valence-electron chi connectivity index (χ0n) is 16.4. The Labute approximate surface area is 168 Å². The van der Waals surface area contributed by atoms with E-state index in [4.69, 9.17) is 14.2 Å². The van der Waals surface area contributed by atoms with Crippen LogP contribution in [0.3, 0.4) is 0 Å². The monoisotopic (exact) mass is 394 g/mol. The summed E-state index contributed by atoms with van der Waals surface area (Å²) < 4.78 is 15.8. The van der Waals surface area contributed by atoms with Crippen LogP contribution in [-0.2, 0) is 0 Å². The van der Waals surface area contributed by atoms with Gasteiger partial charge < -0.3 is 24.8 Å². The Morgan fingerprint density at radius 3 is 2.03 bits per heavy atom. The van der Waals surface area contributed by atoms with Crippen LogP contribution in [0.5, 0.6) is 17.2 Å². The number of benzene rings is 2. The Kier molecular flexibility index (Phi) is 6.47. The van der Waals surface area contributed by atoms with Gasteiger partial charge in [0.15, 0.2) is 11.6 Å². The molecule has 0 aliphatic rings. The lowest BCUT2D eigenvalue weighted by Crippen LogP contribution is -2.14. The molecular weight excluding hydrogens is 372 g/mol. The summed E-state index contributed by atoms with van der Waals surface area (Å²) in [6, 6.07) is 15.8. The molecule has 0 spiro atoms. The van der Waals surface area contributed by atoms with Crippen molar-refractivity contribution < 1.29 is 19.0 Å². The summed E-state index contributed by atoms with van der Waals surface area (Å²) in [4.78, 5) is 12.5. The molecule has 0 atom stereocenters. The number of ether oxygens (including phenoxy) is 3. The molecule has 150 valence electrons. The molecule has 0 fully saturated rings. The lowest BCUT2D eigenvalue weighted by Gasteiger charge is -2.09. The summed E-state index contributed by atoms with van der Waals surface area (Å²) in [7, 11) is 3.05. The Bertz CT molecular complexity index is 937. The molecule has 8 nitrogen and oxygen atoms in total. The van der Waals surface area contributed by atoms with Crippen molar-refractivity contribution in [2.75, 3.05) is 31.5 Å². The van der Waals surface area contributed by atoms with Gasteiger partial charge in [0.2, 0.25) is 0 Å². The topological polar surface area (TPSA) is 94.6 Å². The minimum Gasteiger partial charge on any atom is -0.497 e. The van der Waals surface area contributed by atoms with Gasteiger partial charge in [-0.15, -0.1) is 10.2 Å². The Morgan fingerprint density at radius 2 is 1.48 bits per heavy atom. The van der Waals surface area contributed by atoms with E-state index in [-0.39, 0.29) is 5.91 Å². The Balaban J connectivity index is 1.65. The fourth-order valence-corrected chi connectivity index (χ4v) is 2.54. The summed E-state index contributed by atoms with van der Waals surface area (Å²) >= 11 is 0. The third kappa shape index (κ3) is 5.35. The molecule has 0 saturated carbocycles. The second kappa shape index (κ2) is 9.41. The predicted molar refractivity (Wildman–Crippen MR) is 110 cm³/mol. The molecule has 0 aliphatic heterocycles. The van der Waals surface area contributed by atoms with E-state index in [1.165, 1.54) is 14.2 Å². The van der Waals surface area contributed by atoms with Gasteiger partial charge in [0.1, 0.15) is 17.2 Å². The fourth-order valence-electron chi connectivity index (χ4n) is 2.54. The normalized spacial score (nSPS) is 10.2. The molecule has 1 aromatic heterocycles. The largest absolute Gasteiger partial charge is 0.497 e. The van der Waals surface area contributed by atoms with Gasteiger partial charge in [-0.1, -0.05) is 0 Å². The molecule has 1 amide bonds. The van der Waals surface area contributed by atoms with E-state index < -0.39 is 0 Å². The maximum Gasteiger partial charge on any atom is 0.257 e. The standard InChI is InChI=1S/C21H22N4O4/c1-4-29-16-7-5-15(6-8-16)22-19-9-10-20(25-24-19)23-21(26)14-11-17(27-2)13-18(12-14)28-3/h5-13H,4H2,1-3H3,(H,22,24)(H,23,25,26). The van der Waals surface area contributed by atoms with Crippen molar-refractivity contribution in [2.24, 2.45) is 0 Å². The zero-order chi connectivity index (χ0) is 20.6. The lowest BCUT2D eigenvalue weighted by atomic mass is 10.2. The first-order valence-electron chi connectivity index (χ1n) is 8.99. The van der Waals surface area contributed by atoms with Crippen molar-refractivity contribution in [3.63, 3.8) is 0 Å². The number of methoxy groups -OCH3 is 2. The van der Waals surface area contributed by atoms with Gasteiger partial charge in [0, 0.05) is 17.3 Å². The quantitative estimate of drug-likeness (QED) is 0.598. The molecule has 0 bridgehead atoms. The van der Waals surface area contributed by atoms with Crippen molar-refractivity contribution in [3.8, 4) is 17.2 Å². The van der Waals surface area contributed by atoms with Gasteiger partial charge >= 0.3 is 0 Å². The number of hydrogen-bond donors (Lipinski definition) is 2. The van der Waals surface area contributed by atoms with Crippen LogP contribution in [-0.4, -0.2) is 36.9 Å². The SMILES string of the molecule is CCOc1ccc(Nc2ccc(NC(=O)c3cc(OC)cc(OC)c3)nn2)cc1. The highest BCUT2D eigenvalue weighted by molar-refractivity contribution is 6.04. The summed E-state index contributed by atoms with van der Waals surface area (Å²) in [6.45, 7) is 2.56. The zero-order valence-corrected chi connectivity index (χ0v) is 16.4. The van der Waals surface area contributed by atoms with Gasteiger partial charge in [-0.25, -0.2) is 0 Å². The number of nitrogens with one attached hydrogen (secondary N) is 2. The van der Waals surface area contributed by atoms with E-state index in [1.54, 1.807) is 30.3 Å². The molecule has 2 N–H and O–H groups in total. The van der Waals surface area contributed by atoms with Crippen molar-refractivity contribution in [1.82, 2.24) is 10.2 Å². The second-order valence-electron chi connectivity index (χ2n) is 5.94. The molecular formula is C21H22N4O4. The summed E-state index contributed by atoms with van der Waals surface area (Å²) in [5.41, 5.74) is 1.24. The van der Waals surface area contributed by atoms with Crippen LogP contribution in [0.15, 0.2) is 54.6 Å². The van der Waals surface area contributed by atoms with E-state index in [0.29, 0.717) is 35.3 Å². The fraction of sp³-hybridized carbons (Fsp3) is 0.190. The third-order valence-corrected chi connectivity index (χ3v) is 3.96. The van der Waals surface area contributed by atoms with E-state index in [2.05, 4.69) is 20.8 Å². The molecule has 3 aromatic rings. The van der Waals surface area contributed by atoms with E-state index in [1.807, 2.05) is 31.2 Å². The minimum absolute atomic E-state index is 0.328. The average Bonchev–Trinajstić information content (AvgIpc) is 2.76. The van der Waals surface area contributed by atoms with Crippen LogP contribution in [0.4, 0.5) is 17.3 Å². The summed E-state index contributed by atoms with van der Waals surface area (Å²) in [6.07, 6.45) is 0. The molecule has 1 heterocycles. The highest BCUT2D eigenvalue weighted by atomic mass is 16.5. The molecule has 0 unspecified atom stereocenters. The smallest absolute Gasteiger partial charge is 0.257 e. The number of carbonyl (C=O) groups excluding carboxylic acids is 1. The molecule has 8 heteroatoms. The first-order chi connectivity index (χ1) is 14.1. The van der Waals surface area contributed by atoms with Crippen LogP contribution in [0.2, 0.25) is 0 Å². The number of hydrogen-bond acceptors (Lipinski definition) is 7. The van der Waals surface area contributed by atoms with Crippen molar-refractivity contribution in [1.29, 1.82) is 0 Å². The highest BCUT2D eigenvalue weighted by Crippen LogP contribution is 2.23. The average molecular weight is 394 g/mol. The predicted octanol–water partition coefficient (Wildman–Crippen LogP) is 3.89. The maximum atomic E-state index is 12.5. The van der Waals surface area contributed by atoms with Crippen LogP contribution in [0.1, 0.15) is 17.3 Å². The van der Waals surface area contributed by atoms with Crippen molar-refractivity contribution in [3.05, 3.63) is 60.2 Å². The number of nitrogens with zero attached hydrogens (tertiary/aromatic N) is 2. The van der Waals surface area contributed by atoms with Gasteiger partial charge in [-0.05, 0) is 55.5 Å². The van der Waals surface area contributed by atoms with Crippen LogP contribution in [0, 0.1) is 0 Å². The van der Waals surface area contributed by atoms with Crippen LogP contribution in [0.25, 0.3) is 0 Å². The summed E-state index contributed by atoms with van der Waals surface area (Å²) in [5, 5.41) is 14.0. The van der Waals surface area contributed by atoms with Crippen molar-refractivity contribution in [2.45, 2.75) is 6.92 Å². The van der Waals surface area contributed by atoms with E-state index in [0.717, 1.165) is 11.4 Å². The van der Waals surface area contributed by atoms with Gasteiger partial charge in [0.25, 0.3) is 5.91 Å². The van der Waals surface area contributed by atoms with Crippen LogP contribution >= 0.6 is 0 Å². The molecule has 0 aliphatic carbocycles. The second-order valence-corrected chi connectivity index (χ2v) is 5.94. The Hall–Kier alpha value is -3.81. The first kappa shape index (κ1) is 19.9. The molecule has 2 aromatic carbocycles.